The van der Waals surface area contributed by atoms with Crippen LogP contribution in [0.2, 0.25) is 12.6 Å². The number of ketones is 1. The molecule has 3 heteroatoms. The van der Waals surface area contributed by atoms with Gasteiger partial charge in [0, 0.05) is 11.9 Å². The van der Waals surface area contributed by atoms with Gasteiger partial charge in [-0.2, -0.15) is 0 Å². The maximum Gasteiger partial charge on any atom is 0.267 e. The summed E-state index contributed by atoms with van der Waals surface area (Å²) in [6.07, 6.45) is 3.40. The van der Waals surface area contributed by atoms with Crippen molar-refractivity contribution in [2.75, 3.05) is 0 Å². The molecule has 0 aromatic carbocycles. The predicted molar refractivity (Wildman–Crippen MR) is 52.2 cm³/mol. The van der Waals surface area contributed by atoms with Crippen LogP contribution in [0.15, 0.2) is 0 Å². The Morgan fingerprint density at radius 2 is 2.08 bits per heavy atom. The lowest BCUT2D eigenvalue weighted by Gasteiger charge is -2.19. The van der Waals surface area contributed by atoms with Crippen molar-refractivity contribution >= 4 is 12.5 Å². The molecule has 1 heterocycles. The van der Waals surface area contributed by atoms with Gasteiger partial charge in [-0.15, -0.1) is 0 Å². The van der Waals surface area contributed by atoms with Crippen LogP contribution in [0.3, 0.4) is 0 Å². The molecular weight excluding hydrogens is 161 g/mol. The minimum atomic E-state index is 0.0545. The maximum absolute atomic E-state index is 11.3. The smallest absolute Gasteiger partial charge is 0.267 e. The summed E-state index contributed by atoms with van der Waals surface area (Å²) >= 11 is 0. The summed E-state index contributed by atoms with van der Waals surface area (Å²) in [5.74, 6) is 7.60. The van der Waals surface area contributed by atoms with Crippen LogP contribution in [0.5, 0.6) is 0 Å². The van der Waals surface area contributed by atoms with Crippen LogP contribution in [0.4, 0.5) is 0 Å². The standard InChI is InChI=1S/C10H12BNO/c1-2-3-10(13)9-4-6-11(8-12)7-5-9/h9H,4-7H2,1H3. The van der Waals surface area contributed by atoms with Crippen molar-refractivity contribution < 1.29 is 4.79 Å². The van der Waals surface area contributed by atoms with E-state index in [1.54, 1.807) is 6.92 Å². The fourth-order valence-electron chi connectivity index (χ4n) is 1.71. The Labute approximate surface area is 79.4 Å². The van der Waals surface area contributed by atoms with Gasteiger partial charge < -0.3 is 0 Å². The lowest BCUT2D eigenvalue weighted by Crippen LogP contribution is -2.24. The van der Waals surface area contributed by atoms with E-state index in [1.165, 1.54) is 0 Å². The maximum atomic E-state index is 11.3. The van der Waals surface area contributed by atoms with E-state index >= 15 is 0 Å². The Morgan fingerprint density at radius 3 is 2.54 bits per heavy atom. The number of rotatable bonds is 1. The van der Waals surface area contributed by atoms with Gasteiger partial charge in [-0.3, -0.25) is 4.79 Å². The lowest BCUT2D eigenvalue weighted by atomic mass is 9.41. The van der Waals surface area contributed by atoms with Gasteiger partial charge in [0.2, 0.25) is 5.78 Å². The van der Waals surface area contributed by atoms with E-state index in [9.17, 15) is 4.79 Å². The minimum Gasteiger partial charge on any atom is -0.285 e. The topological polar surface area (TPSA) is 40.9 Å². The van der Waals surface area contributed by atoms with Gasteiger partial charge in [0.25, 0.3) is 6.71 Å². The average molecular weight is 173 g/mol. The number of carbonyl (C=O) groups excluding carboxylic acids is 1. The molecule has 0 aromatic heterocycles. The van der Waals surface area contributed by atoms with Gasteiger partial charge in [-0.1, -0.05) is 18.6 Å². The zero-order valence-electron chi connectivity index (χ0n) is 7.84. The summed E-state index contributed by atoms with van der Waals surface area (Å²) in [6.45, 7) is 1.84. The molecule has 1 fully saturated rings. The molecule has 13 heavy (non-hydrogen) atoms. The fraction of sp³-hybridized carbons (Fsp3) is 0.600. The van der Waals surface area contributed by atoms with Crippen molar-refractivity contribution in [3.05, 3.63) is 0 Å². The zero-order chi connectivity index (χ0) is 9.68. The minimum absolute atomic E-state index is 0.0545. The predicted octanol–water partition coefficient (Wildman–Crippen LogP) is 1.55. The van der Waals surface area contributed by atoms with E-state index in [0.29, 0.717) is 0 Å². The second kappa shape index (κ2) is 4.72. The molecule has 66 valence electrons. The molecule has 0 amide bonds. The molecule has 1 aliphatic heterocycles. The highest BCUT2D eigenvalue weighted by molar-refractivity contribution is 6.67. The average Bonchev–Trinajstić information content (AvgIpc) is 2.18. The highest BCUT2D eigenvalue weighted by Crippen LogP contribution is 2.25. The number of nitrogens with zero attached hydrogens (tertiary/aromatic N) is 1. The number of nitriles is 1. The van der Waals surface area contributed by atoms with Gasteiger partial charge in [-0.05, 0) is 25.7 Å². The Balaban J connectivity index is 2.45. The third-order valence-electron chi connectivity index (χ3n) is 2.53. The van der Waals surface area contributed by atoms with E-state index in [2.05, 4.69) is 17.8 Å². The van der Waals surface area contributed by atoms with Crippen molar-refractivity contribution in [2.45, 2.75) is 32.4 Å². The van der Waals surface area contributed by atoms with Crippen LogP contribution in [0.25, 0.3) is 0 Å². The monoisotopic (exact) mass is 173 g/mol. The van der Waals surface area contributed by atoms with Gasteiger partial charge >= 0.3 is 0 Å². The van der Waals surface area contributed by atoms with Gasteiger partial charge in [-0.25, -0.2) is 5.26 Å². The Bertz CT molecular complexity index is 286. The van der Waals surface area contributed by atoms with E-state index in [1.807, 2.05) is 0 Å². The van der Waals surface area contributed by atoms with Crippen LogP contribution < -0.4 is 0 Å². The van der Waals surface area contributed by atoms with Crippen LogP contribution in [0, 0.1) is 29.0 Å². The number of Topliss-reactive ketones (excluding diaryl/α,β-unsaturated/α-hetero) is 1. The zero-order valence-corrected chi connectivity index (χ0v) is 7.84. The molecule has 0 aliphatic carbocycles. The summed E-state index contributed by atoms with van der Waals surface area (Å²) in [5.41, 5.74) is 0. The molecule has 0 spiro atoms. The highest BCUT2D eigenvalue weighted by atomic mass is 16.1. The van der Waals surface area contributed by atoms with Crippen LogP contribution in [-0.4, -0.2) is 12.5 Å². The summed E-state index contributed by atoms with van der Waals surface area (Å²) in [7, 11) is 0. The van der Waals surface area contributed by atoms with E-state index in [0.717, 1.165) is 25.5 Å². The Kier molecular flexibility index (Phi) is 3.59. The molecule has 1 saturated heterocycles. The second-order valence-corrected chi connectivity index (χ2v) is 3.42. The second-order valence-electron chi connectivity index (χ2n) is 3.42. The van der Waals surface area contributed by atoms with Crippen LogP contribution in [0.1, 0.15) is 19.8 Å². The third kappa shape index (κ3) is 2.63. The molecule has 0 aromatic rings. The molecule has 0 radical (unpaired) electrons. The van der Waals surface area contributed by atoms with Crippen molar-refractivity contribution in [3.8, 4) is 17.8 Å². The Hall–Kier alpha value is -1.22. The van der Waals surface area contributed by atoms with Crippen LogP contribution in [-0.2, 0) is 4.79 Å². The van der Waals surface area contributed by atoms with Gasteiger partial charge in [0.05, 0.1) is 0 Å². The van der Waals surface area contributed by atoms with Crippen molar-refractivity contribution in [3.63, 3.8) is 0 Å². The first-order chi connectivity index (χ1) is 6.27. The number of hydrogen-bond donors (Lipinski definition) is 0. The Morgan fingerprint density at radius 1 is 1.46 bits per heavy atom. The quantitative estimate of drug-likeness (QED) is 0.343. The third-order valence-corrected chi connectivity index (χ3v) is 2.53. The normalized spacial score (nSPS) is 17.1. The highest BCUT2D eigenvalue weighted by Gasteiger charge is 2.27. The number of carbonyl (C=O) groups is 1. The molecular formula is C10H12BNO. The van der Waals surface area contributed by atoms with Gasteiger partial charge in [0.15, 0.2) is 0 Å². The molecule has 2 nitrogen and oxygen atoms in total. The molecule has 0 unspecified atom stereocenters. The summed E-state index contributed by atoms with van der Waals surface area (Å²) in [4.78, 5) is 11.3. The van der Waals surface area contributed by atoms with E-state index in [-0.39, 0.29) is 18.4 Å². The molecule has 0 atom stereocenters. The van der Waals surface area contributed by atoms with E-state index in [4.69, 9.17) is 5.26 Å². The number of hydrogen-bond acceptors (Lipinski definition) is 2. The first kappa shape index (κ1) is 9.87. The SMILES string of the molecule is CC#CC(=O)C1CCB(C#N)CC1. The largest absolute Gasteiger partial charge is 0.285 e. The lowest BCUT2D eigenvalue weighted by molar-refractivity contribution is -0.117. The summed E-state index contributed by atoms with van der Waals surface area (Å²) in [5, 5.41) is 8.66. The molecule has 1 rings (SSSR count). The fourth-order valence-corrected chi connectivity index (χ4v) is 1.71. The molecule has 1 aliphatic rings. The van der Waals surface area contributed by atoms with Crippen LogP contribution >= 0.6 is 0 Å². The van der Waals surface area contributed by atoms with E-state index < -0.39 is 0 Å². The molecule has 0 saturated carbocycles. The first-order valence-corrected chi connectivity index (χ1v) is 4.64. The first-order valence-electron chi connectivity index (χ1n) is 4.64. The van der Waals surface area contributed by atoms with Crippen molar-refractivity contribution in [1.82, 2.24) is 0 Å². The van der Waals surface area contributed by atoms with Crippen molar-refractivity contribution in [1.29, 1.82) is 5.26 Å². The summed E-state index contributed by atoms with van der Waals surface area (Å²) in [6, 6.07) is 0. The van der Waals surface area contributed by atoms with Gasteiger partial charge in [0.1, 0.15) is 0 Å². The van der Waals surface area contributed by atoms with Crippen molar-refractivity contribution in [2.24, 2.45) is 5.92 Å². The molecule has 0 N–H and O–H groups in total. The summed E-state index contributed by atoms with van der Waals surface area (Å²) < 4.78 is 0. The molecule has 0 bridgehead atoms.